The van der Waals surface area contributed by atoms with Gasteiger partial charge in [-0.25, -0.2) is 10.9 Å². The molecule has 4 nitrogen and oxygen atoms in total. The topological polar surface area (TPSA) is 30.5 Å². The molecule has 8 heavy (non-hydrogen) atoms. The van der Waals surface area contributed by atoms with Crippen LogP contribution in [0.25, 0.3) is 0 Å². The summed E-state index contributed by atoms with van der Waals surface area (Å²) in [7, 11) is 0. The summed E-state index contributed by atoms with van der Waals surface area (Å²) in [4.78, 5) is 0. The minimum absolute atomic E-state index is 1.12. The summed E-state index contributed by atoms with van der Waals surface area (Å²) in [5.41, 5.74) is 6.29. The van der Waals surface area contributed by atoms with Gasteiger partial charge in [-0.2, -0.15) is 10.2 Å². The summed E-state index contributed by atoms with van der Waals surface area (Å²) in [5, 5.41) is 4.17. The fourth-order valence-electron chi connectivity index (χ4n) is 0.836. The van der Waals surface area contributed by atoms with Gasteiger partial charge in [0.1, 0.15) is 0 Å². The number of rotatable bonds is 1. The van der Waals surface area contributed by atoms with E-state index < -0.39 is 0 Å². The molecule has 2 saturated heterocycles. The Balaban J connectivity index is 1.79. The number of hydrogen-bond donors (Lipinski definition) is 2. The van der Waals surface area contributed by atoms with Crippen molar-refractivity contribution in [3.63, 3.8) is 0 Å². The van der Waals surface area contributed by atoms with Crippen LogP contribution in [0.15, 0.2) is 0 Å². The Morgan fingerprint density at radius 2 is 1.25 bits per heavy atom. The van der Waals surface area contributed by atoms with Crippen molar-refractivity contribution in [3.05, 3.63) is 0 Å². The van der Waals surface area contributed by atoms with Crippen molar-refractivity contribution < 1.29 is 0 Å². The first kappa shape index (κ1) is 4.69. The lowest BCUT2D eigenvalue weighted by Crippen LogP contribution is -2.71. The number of hydrazine groups is 3. The maximum Gasteiger partial charge on any atom is 0.0443 e. The smallest absolute Gasteiger partial charge is 0.0443 e. The Hall–Kier alpha value is -0.160. The van der Waals surface area contributed by atoms with Gasteiger partial charge in [-0.3, -0.25) is 0 Å². The van der Waals surface area contributed by atoms with E-state index >= 15 is 0 Å². The summed E-state index contributed by atoms with van der Waals surface area (Å²) >= 11 is 0. The van der Waals surface area contributed by atoms with Crippen LogP contribution in [0.1, 0.15) is 0 Å². The van der Waals surface area contributed by atoms with Gasteiger partial charge in [-0.15, -0.1) is 0 Å². The molecule has 0 aliphatic carbocycles. The molecule has 4 heteroatoms. The first-order chi connectivity index (χ1) is 3.97. The second-order valence-corrected chi connectivity index (χ2v) is 2.06. The van der Waals surface area contributed by atoms with Gasteiger partial charge in [0, 0.05) is 26.2 Å². The molecule has 46 valence electrons. The molecule has 0 spiro atoms. The van der Waals surface area contributed by atoms with Crippen molar-refractivity contribution in [2.24, 2.45) is 0 Å². The summed E-state index contributed by atoms with van der Waals surface area (Å²) in [6.45, 7) is 4.54. The van der Waals surface area contributed by atoms with Crippen LogP contribution in [-0.2, 0) is 0 Å². The second-order valence-electron chi connectivity index (χ2n) is 2.06. The van der Waals surface area contributed by atoms with Crippen molar-refractivity contribution >= 4 is 0 Å². The highest BCUT2D eigenvalue weighted by atomic mass is 16.0. The van der Waals surface area contributed by atoms with E-state index in [1.807, 2.05) is 0 Å². The normalized spacial score (nSPS) is 31.5. The molecule has 2 aliphatic rings. The van der Waals surface area contributed by atoms with Gasteiger partial charge in [0.2, 0.25) is 0 Å². The average Bonchev–Trinajstić information content (AvgIpc) is 1.47. The molecule has 2 N–H and O–H groups in total. The van der Waals surface area contributed by atoms with Crippen LogP contribution in [0.4, 0.5) is 0 Å². The zero-order chi connectivity index (χ0) is 5.40. The Kier molecular flexibility index (Phi) is 0.976. The van der Waals surface area contributed by atoms with Gasteiger partial charge in [0.25, 0.3) is 0 Å². The summed E-state index contributed by atoms with van der Waals surface area (Å²) in [6.07, 6.45) is 0. The van der Waals surface area contributed by atoms with Crippen molar-refractivity contribution in [3.8, 4) is 0 Å². The Bertz CT molecular complexity index is 74.0. The highest BCUT2D eigenvalue weighted by Crippen LogP contribution is 2.00. The molecule has 0 aromatic heterocycles. The molecule has 0 unspecified atom stereocenters. The molecule has 0 aromatic rings. The zero-order valence-corrected chi connectivity index (χ0v) is 4.72. The average molecular weight is 114 g/mol. The molecule has 0 aromatic carbocycles. The molecule has 0 bridgehead atoms. The van der Waals surface area contributed by atoms with Crippen LogP contribution in [0.5, 0.6) is 0 Å². The first-order valence-corrected chi connectivity index (χ1v) is 2.99. The molecule has 0 amide bonds. The van der Waals surface area contributed by atoms with Gasteiger partial charge in [-0.05, 0) is 0 Å². The standard InChI is InChI=1S/C4H10N4/c1-3-7(5-1)8-4-2-6-8/h5-6H,1-4H2. The number of hydrogen-bond acceptors (Lipinski definition) is 4. The fraction of sp³-hybridized carbons (Fsp3) is 1.00. The van der Waals surface area contributed by atoms with Gasteiger partial charge in [-0.1, -0.05) is 0 Å². The lowest BCUT2D eigenvalue weighted by molar-refractivity contribution is -0.189. The van der Waals surface area contributed by atoms with E-state index in [-0.39, 0.29) is 0 Å². The first-order valence-electron chi connectivity index (χ1n) is 2.99. The third kappa shape index (κ3) is 0.545. The Labute approximate surface area is 48.4 Å². The van der Waals surface area contributed by atoms with Crippen molar-refractivity contribution in [1.29, 1.82) is 0 Å². The zero-order valence-electron chi connectivity index (χ0n) is 4.72. The van der Waals surface area contributed by atoms with Crippen molar-refractivity contribution in [1.82, 2.24) is 21.1 Å². The van der Waals surface area contributed by atoms with Crippen LogP contribution in [0.3, 0.4) is 0 Å². The predicted molar refractivity (Wildman–Crippen MR) is 29.4 cm³/mol. The molecular weight excluding hydrogens is 104 g/mol. The van der Waals surface area contributed by atoms with Crippen LogP contribution < -0.4 is 10.9 Å². The SMILES string of the molecule is C1CN(N2CCN2)N1. The highest BCUT2D eigenvalue weighted by molar-refractivity contribution is 4.66. The fourth-order valence-corrected chi connectivity index (χ4v) is 0.836. The quantitative estimate of drug-likeness (QED) is 0.436. The van der Waals surface area contributed by atoms with E-state index in [0.717, 1.165) is 26.2 Å². The van der Waals surface area contributed by atoms with Crippen LogP contribution in [0, 0.1) is 0 Å². The lowest BCUT2D eigenvalue weighted by atomic mass is 10.5. The number of nitrogens with one attached hydrogen (secondary N) is 2. The predicted octanol–water partition coefficient (Wildman–Crippen LogP) is -1.46. The molecular formula is C4H10N4. The summed E-state index contributed by atoms with van der Waals surface area (Å²) in [5.74, 6) is 0. The number of nitrogens with zero attached hydrogens (tertiary/aromatic N) is 2. The highest BCUT2D eigenvalue weighted by Gasteiger charge is 2.24. The minimum atomic E-state index is 1.12. The molecule has 2 heterocycles. The van der Waals surface area contributed by atoms with Crippen molar-refractivity contribution in [2.75, 3.05) is 26.2 Å². The van der Waals surface area contributed by atoms with Crippen molar-refractivity contribution in [2.45, 2.75) is 0 Å². The van der Waals surface area contributed by atoms with E-state index in [2.05, 4.69) is 21.1 Å². The molecule has 2 fully saturated rings. The maximum atomic E-state index is 3.14. The molecule has 0 atom stereocenters. The summed E-state index contributed by atoms with van der Waals surface area (Å²) in [6, 6.07) is 0. The molecule has 2 rings (SSSR count). The van der Waals surface area contributed by atoms with E-state index in [4.69, 9.17) is 0 Å². The summed E-state index contributed by atoms with van der Waals surface area (Å²) < 4.78 is 0. The van der Waals surface area contributed by atoms with E-state index in [1.54, 1.807) is 0 Å². The van der Waals surface area contributed by atoms with Gasteiger partial charge >= 0.3 is 0 Å². The van der Waals surface area contributed by atoms with E-state index in [1.165, 1.54) is 0 Å². The second kappa shape index (κ2) is 1.66. The van der Waals surface area contributed by atoms with Crippen LogP contribution in [-0.4, -0.2) is 36.4 Å². The van der Waals surface area contributed by atoms with Gasteiger partial charge < -0.3 is 0 Å². The minimum Gasteiger partial charge on any atom is -0.239 e. The monoisotopic (exact) mass is 114 g/mol. The molecule has 0 radical (unpaired) electrons. The van der Waals surface area contributed by atoms with Crippen LogP contribution in [0.2, 0.25) is 0 Å². The van der Waals surface area contributed by atoms with E-state index in [9.17, 15) is 0 Å². The Morgan fingerprint density at radius 1 is 0.875 bits per heavy atom. The lowest BCUT2D eigenvalue weighted by Gasteiger charge is -2.46. The van der Waals surface area contributed by atoms with Gasteiger partial charge in [0.15, 0.2) is 0 Å². The Morgan fingerprint density at radius 3 is 1.38 bits per heavy atom. The third-order valence-corrected chi connectivity index (χ3v) is 1.53. The molecule has 0 saturated carbocycles. The largest absolute Gasteiger partial charge is 0.239 e. The van der Waals surface area contributed by atoms with E-state index in [0.29, 0.717) is 0 Å². The van der Waals surface area contributed by atoms with Crippen LogP contribution >= 0.6 is 0 Å². The van der Waals surface area contributed by atoms with Gasteiger partial charge in [0.05, 0.1) is 0 Å². The molecule has 2 aliphatic heterocycles. The third-order valence-electron chi connectivity index (χ3n) is 1.53. The maximum absolute atomic E-state index is 3.14.